The number of para-hydroxylation sites is 1. The van der Waals surface area contributed by atoms with Gasteiger partial charge in [-0.2, -0.15) is 0 Å². The lowest BCUT2D eigenvalue weighted by Crippen LogP contribution is -2.47. The molecule has 0 spiro atoms. The SMILES string of the molecule is NCCCC(=O)NC1CCCN(c2ccccc2Cl)C1. The van der Waals surface area contributed by atoms with E-state index in [9.17, 15) is 4.79 Å². The molecule has 1 heterocycles. The van der Waals surface area contributed by atoms with Crippen LogP contribution in [-0.4, -0.2) is 31.6 Å². The highest BCUT2D eigenvalue weighted by Gasteiger charge is 2.22. The number of rotatable bonds is 5. The number of nitrogens with one attached hydrogen (secondary N) is 1. The molecule has 0 saturated carbocycles. The topological polar surface area (TPSA) is 58.4 Å². The number of anilines is 1. The van der Waals surface area contributed by atoms with Gasteiger partial charge in [0.05, 0.1) is 10.7 Å². The average Bonchev–Trinajstić information content (AvgIpc) is 2.46. The average molecular weight is 296 g/mol. The first-order chi connectivity index (χ1) is 9.70. The van der Waals surface area contributed by atoms with Crippen LogP contribution in [0.3, 0.4) is 0 Å². The lowest BCUT2D eigenvalue weighted by atomic mass is 10.0. The number of amides is 1. The molecule has 20 heavy (non-hydrogen) atoms. The maximum atomic E-state index is 11.8. The summed E-state index contributed by atoms with van der Waals surface area (Å²) in [4.78, 5) is 14.0. The molecule has 0 radical (unpaired) electrons. The minimum Gasteiger partial charge on any atom is -0.368 e. The minimum absolute atomic E-state index is 0.0986. The third-order valence-corrected chi connectivity index (χ3v) is 3.91. The van der Waals surface area contributed by atoms with Crippen molar-refractivity contribution in [3.63, 3.8) is 0 Å². The number of piperidine rings is 1. The highest BCUT2D eigenvalue weighted by atomic mass is 35.5. The van der Waals surface area contributed by atoms with Gasteiger partial charge in [-0.05, 0) is 37.9 Å². The molecule has 1 aliphatic rings. The van der Waals surface area contributed by atoms with Crippen molar-refractivity contribution >= 4 is 23.2 Å². The Morgan fingerprint density at radius 3 is 3.00 bits per heavy atom. The second-order valence-corrected chi connectivity index (χ2v) is 5.60. The van der Waals surface area contributed by atoms with E-state index >= 15 is 0 Å². The summed E-state index contributed by atoms with van der Waals surface area (Å²) in [6, 6.07) is 8.05. The Bertz CT molecular complexity index is 452. The summed E-state index contributed by atoms with van der Waals surface area (Å²) in [5, 5.41) is 3.86. The molecule has 1 saturated heterocycles. The summed E-state index contributed by atoms with van der Waals surface area (Å²) >= 11 is 6.24. The van der Waals surface area contributed by atoms with Crippen molar-refractivity contribution in [1.29, 1.82) is 0 Å². The van der Waals surface area contributed by atoms with Crippen molar-refractivity contribution in [3.05, 3.63) is 29.3 Å². The van der Waals surface area contributed by atoms with E-state index < -0.39 is 0 Å². The van der Waals surface area contributed by atoms with Crippen LogP contribution in [0, 0.1) is 0 Å². The van der Waals surface area contributed by atoms with Crippen LogP contribution in [-0.2, 0) is 4.79 Å². The summed E-state index contributed by atoms with van der Waals surface area (Å²) < 4.78 is 0. The Hall–Kier alpha value is -1.26. The zero-order valence-electron chi connectivity index (χ0n) is 11.6. The highest BCUT2D eigenvalue weighted by molar-refractivity contribution is 6.33. The molecule has 1 fully saturated rings. The first-order valence-electron chi connectivity index (χ1n) is 7.19. The number of nitrogens with two attached hydrogens (primary N) is 1. The lowest BCUT2D eigenvalue weighted by molar-refractivity contribution is -0.121. The number of carbonyl (C=O) groups excluding carboxylic acids is 1. The summed E-state index contributed by atoms with van der Waals surface area (Å²) in [7, 11) is 0. The minimum atomic E-state index is 0.0986. The van der Waals surface area contributed by atoms with Gasteiger partial charge in [-0.25, -0.2) is 0 Å². The molecule has 1 aliphatic heterocycles. The molecule has 110 valence electrons. The van der Waals surface area contributed by atoms with Crippen LogP contribution < -0.4 is 16.0 Å². The van der Waals surface area contributed by atoms with Gasteiger partial charge < -0.3 is 16.0 Å². The predicted octanol–water partition coefficient (Wildman–Crippen LogP) is 2.16. The van der Waals surface area contributed by atoms with E-state index in [2.05, 4.69) is 10.2 Å². The summed E-state index contributed by atoms with van der Waals surface area (Å²) in [6.07, 6.45) is 3.34. The fraction of sp³-hybridized carbons (Fsp3) is 0.533. The normalized spacial score (nSPS) is 18.9. The molecule has 4 nitrogen and oxygen atoms in total. The van der Waals surface area contributed by atoms with Crippen molar-refractivity contribution in [2.75, 3.05) is 24.5 Å². The van der Waals surface area contributed by atoms with E-state index in [-0.39, 0.29) is 11.9 Å². The van der Waals surface area contributed by atoms with E-state index in [4.69, 9.17) is 17.3 Å². The van der Waals surface area contributed by atoms with E-state index in [0.717, 1.165) is 43.1 Å². The van der Waals surface area contributed by atoms with E-state index in [1.807, 2.05) is 24.3 Å². The Labute approximate surface area is 125 Å². The summed E-state index contributed by atoms with van der Waals surface area (Å²) in [6.45, 7) is 2.36. The van der Waals surface area contributed by atoms with E-state index in [1.165, 1.54) is 0 Å². The van der Waals surface area contributed by atoms with Gasteiger partial charge in [0.25, 0.3) is 0 Å². The first kappa shape index (κ1) is 15.1. The quantitative estimate of drug-likeness (QED) is 0.875. The number of hydrogen-bond acceptors (Lipinski definition) is 3. The number of nitrogens with zero attached hydrogens (tertiary/aromatic N) is 1. The van der Waals surface area contributed by atoms with Gasteiger partial charge in [-0.15, -0.1) is 0 Å². The van der Waals surface area contributed by atoms with Crippen LogP contribution in [0.25, 0.3) is 0 Å². The molecule has 0 aliphatic carbocycles. The maximum Gasteiger partial charge on any atom is 0.220 e. The van der Waals surface area contributed by atoms with Crippen LogP contribution >= 0.6 is 11.6 Å². The smallest absolute Gasteiger partial charge is 0.220 e. The molecular weight excluding hydrogens is 274 g/mol. The van der Waals surface area contributed by atoms with Crippen molar-refractivity contribution < 1.29 is 4.79 Å². The van der Waals surface area contributed by atoms with Crippen molar-refractivity contribution in [3.8, 4) is 0 Å². The Morgan fingerprint density at radius 1 is 1.45 bits per heavy atom. The fourth-order valence-corrected chi connectivity index (χ4v) is 2.84. The van der Waals surface area contributed by atoms with Gasteiger partial charge in [-0.1, -0.05) is 23.7 Å². The monoisotopic (exact) mass is 295 g/mol. The maximum absolute atomic E-state index is 11.8. The molecule has 1 unspecified atom stereocenters. The third kappa shape index (κ3) is 4.12. The molecule has 0 aromatic heterocycles. The third-order valence-electron chi connectivity index (χ3n) is 3.59. The van der Waals surface area contributed by atoms with Gasteiger partial charge in [0.1, 0.15) is 0 Å². The number of halogens is 1. The van der Waals surface area contributed by atoms with Gasteiger partial charge in [0, 0.05) is 25.6 Å². The van der Waals surface area contributed by atoms with Crippen LogP contribution in [0.1, 0.15) is 25.7 Å². The Kier molecular flexibility index (Phi) is 5.68. The Balaban J connectivity index is 1.92. The van der Waals surface area contributed by atoms with Crippen LogP contribution in [0.4, 0.5) is 5.69 Å². The van der Waals surface area contributed by atoms with Gasteiger partial charge in [-0.3, -0.25) is 4.79 Å². The molecule has 2 rings (SSSR count). The number of benzene rings is 1. The molecular formula is C15H22ClN3O. The second kappa shape index (κ2) is 7.50. The standard InChI is InChI=1S/C15H22ClN3O/c16-13-6-1-2-7-14(13)19-10-4-5-12(11-19)18-15(20)8-3-9-17/h1-2,6-7,12H,3-5,8-11,17H2,(H,18,20). The Morgan fingerprint density at radius 2 is 2.25 bits per heavy atom. The zero-order chi connectivity index (χ0) is 14.4. The summed E-state index contributed by atoms with van der Waals surface area (Å²) in [5.74, 6) is 0.0986. The van der Waals surface area contributed by atoms with Crippen molar-refractivity contribution in [2.24, 2.45) is 5.73 Å². The molecule has 1 atom stereocenters. The predicted molar refractivity (Wildman–Crippen MR) is 83.1 cm³/mol. The molecule has 1 aromatic carbocycles. The second-order valence-electron chi connectivity index (χ2n) is 5.20. The fourth-order valence-electron chi connectivity index (χ4n) is 2.58. The first-order valence-corrected chi connectivity index (χ1v) is 7.57. The summed E-state index contributed by atoms with van der Waals surface area (Å²) in [5.41, 5.74) is 6.47. The van der Waals surface area contributed by atoms with Crippen LogP contribution in [0.2, 0.25) is 5.02 Å². The zero-order valence-corrected chi connectivity index (χ0v) is 12.4. The molecule has 3 N–H and O–H groups in total. The molecule has 5 heteroatoms. The molecule has 1 amide bonds. The number of carbonyl (C=O) groups is 1. The highest BCUT2D eigenvalue weighted by Crippen LogP contribution is 2.27. The van der Waals surface area contributed by atoms with Gasteiger partial charge in [0.15, 0.2) is 0 Å². The van der Waals surface area contributed by atoms with Gasteiger partial charge in [0.2, 0.25) is 5.91 Å². The molecule has 1 aromatic rings. The molecule has 0 bridgehead atoms. The van der Waals surface area contributed by atoms with Gasteiger partial charge >= 0.3 is 0 Å². The van der Waals surface area contributed by atoms with E-state index in [1.54, 1.807) is 0 Å². The van der Waals surface area contributed by atoms with E-state index in [0.29, 0.717) is 13.0 Å². The van der Waals surface area contributed by atoms with Crippen LogP contribution in [0.15, 0.2) is 24.3 Å². The number of hydrogen-bond donors (Lipinski definition) is 2. The largest absolute Gasteiger partial charge is 0.368 e. The van der Waals surface area contributed by atoms with Crippen molar-refractivity contribution in [1.82, 2.24) is 5.32 Å². The van der Waals surface area contributed by atoms with Crippen LogP contribution in [0.5, 0.6) is 0 Å². The lowest BCUT2D eigenvalue weighted by Gasteiger charge is -2.35. The van der Waals surface area contributed by atoms with Crippen molar-refractivity contribution in [2.45, 2.75) is 31.7 Å².